The van der Waals surface area contributed by atoms with Crippen LogP contribution in [0.25, 0.3) is 0 Å². The van der Waals surface area contributed by atoms with Crippen LogP contribution in [-0.4, -0.2) is 64.0 Å². The normalized spacial score (nSPS) is 25.9. The standard InChI is InChI=1S/C18H22BrN3O3/c1-18(2)17(24)16(13-9-12(10-20)3-4-14(13)25-18)22-8-7-21(6-5-19)11-15(22)23/h3-4,9,16-17,24H,5-8,11H2,1-2H3/t16-,17+/m1/s1. The predicted octanol–water partition coefficient (Wildman–Crippen LogP) is 1.67. The van der Waals surface area contributed by atoms with E-state index < -0.39 is 17.7 Å². The Morgan fingerprint density at radius 1 is 1.44 bits per heavy atom. The average Bonchev–Trinajstić information content (AvgIpc) is 2.57. The molecule has 0 aromatic heterocycles. The van der Waals surface area contributed by atoms with E-state index in [4.69, 9.17) is 4.74 Å². The first-order valence-electron chi connectivity index (χ1n) is 8.36. The van der Waals surface area contributed by atoms with E-state index in [0.29, 0.717) is 30.0 Å². The Morgan fingerprint density at radius 3 is 2.84 bits per heavy atom. The molecule has 3 rings (SSSR count). The van der Waals surface area contributed by atoms with Crippen LogP contribution in [0.5, 0.6) is 5.75 Å². The quantitative estimate of drug-likeness (QED) is 0.771. The van der Waals surface area contributed by atoms with Crippen LogP contribution in [-0.2, 0) is 4.79 Å². The number of amides is 1. The lowest BCUT2D eigenvalue weighted by Gasteiger charge is -2.48. The van der Waals surface area contributed by atoms with Gasteiger partial charge in [-0.2, -0.15) is 5.26 Å². The van der Waals surface area contributed by atoms with E-state index in [9.17, 15) is 15.2 Å². The number of fused-ring (bicyclic) bond motifs is 1. The summed E-state index contributed by atoms with van der Waals surface area (Å²) >= 11 is 3.40. The first kappa shape index (κ1) is 18.2. The molecule has 25 heavy (non-hydrogen) atoms. The molecule has 0 aliphatic carbocycles. The molecule has 2 heterocycles. The molecule has 7 heteroatoms. The van der Waals surface area contributed by atoms with Crippen molar-refractivity contribution in [1.29, 1.82) is 5.26 Å². The van der Waals surface area contributed by atoms with Crippen molar-refractivity contribution in [3.8, 4) is 11.8 Å². The number of rotatable bonds is 3. The van der Waals surface area contributed by atoms with Crippen molar-refractivity contribution in [2.24, 2.45) is 0 Å². The molecule has 134 valence electrons. The number of carbonyl (C=O) groups is 1. The van der Waals surface area contributed by atoms with Gasteiger partial charge in [0.25, 0.3) is 0 Å². The average molecular weight is 408 g/mol. The number of alkyl halides is 1. The zero-order valence-electron chi connectivity index (χ0n) is 14.4. The molecule has 0 spiro atoms. The van der Waals surface area contributed by atoms with Gasteiger partial charge in [-0.15, -0.1) is 0 Å². The van der Waals surface area contributed by atoms with Gasteiger partial charge in [-0.3, -0.25) is 9.69 Å². The Hall–Kier alpha value is -1.62. The fraction of sp³-hybridized carbons (Fsp3) is 0.556. The summed E-state index contributed by atoms with van der Waals surface area (Å²) in [6.07, 6.45) is -0.874. The van der Waals surface area contributed by atoms with Crippen molar-refractivity contribution in [1.82, 2.24) is 9.80 Å². The number of halogens is 1. The first-order valence-corrected chi connectivity index (χ1v) is 9.48. The maximum atomic E-state index is 12.8. The number of piperazine rings is 1. The highest BCUT2D eigenvalue weighted by molar-refractivity contribution is 9.09. The van der Waals surface area contributed by atoms with Crippen LogP contribution in [0.1, 0.15) is 31.0 Å². The lowest BCUT2D eigenvalue weighted by Crippen LogP contribution is -2.59. The van der Waals surface area contributed by atoms with Gasteiger partial charge in [0.2, 0.25) is 5.91 Å². The fourth-order valence-electron chi connectivity index (χ4n) is 3.51. The maximum Gasteiger partial charge on any atom is 0.237 e. The van der Waals surface area contributed by atoms with Gasteiger partial charge in [-0.25, -0.2) is 0 Å². The zero-order chi connectivity index (χ0) is 18.2. The fourth-order valence-corrected chi connectivity index (χ4v) is 4.02. The minimum absolute atomic E-state index is 0.0118. The molecule has 0 saturated carbocycles. The zero-order valence-corrected chi connectivity index (χ0v) is 16.0. The highest BCUT2D eigenvalue weighted by Gasteiger charge is 2.47. The molecule has 0 radical (unpaired) electrons. The van der Waals surface area contributed by atoms with Gasteiger partial charge >= 0.3 is 0 Å². The van der Waals surface area contributed by atoms with Crippen LogP contribution < -0.4 is 4.74 Å². The maximum absolute atomic E-state index is 12.8. The summed E-state index contributed by atoms with van der Waals surface area (Å²) in [5.41, 5.74) is 0.372. The number of nitriles is 1. The Balaban J connectivity index is 1.97. The molecule has 1 N–H and O–H groups in total. The second kappa shape index (κ2) is 6.94. The summed E-state index contributed by atoms with van der Waals surface area (Å²) in [6, 6.07) is 6.77. The minimum atomic E-state index is -0.874. The topological polar surface area (TPSA) is 76.8 Å². The molecule has 1 fully saturated rings. The summed E-state index contributed by atoms with van der Waals surface area (Å²) in [7, 11) is 0. The van der Waals surface area contributed by atoms with E-state index in [2.05, 4.69) is 26.9 Å². The number of hydrogen-bond donors (Lipinski definition) is 1. The van der Waals surface area contributed by atoms with Gasteiger partial charge in [-0.1, -0.05) is 15.9 Å². The van der Waals surface area contributed by atoms with Crippen molar-refractivity contribution in [2.75, 3.05) is 31.5 Å². The third-order valence-electron chi connectivity index (χ3n) is 4.91. The molecule has 0 bridgehead atoms. The predicted molar refractivity (Wildman–Crippen MR) is 96.6 cm³/mol. The smallest absolute Gasteiger partial charge is 0.237 e. The van der Waals surface area contributed by atoms with Gasteiger partial charge < -0.3 is 14.7 Å². The number of aliphatic hydroxyl groups excluding tert-OH is 1. The Kier molecular flexibility index (Phi) is 5.05. The number of hydrogen-bond acceptors (Lipinski definition) is 5. The van der Waals surface area contributed by atoms with Crippen LogP contribution >= 0.6 is 15.9 Å². The second-order valence-electron chi connectivity index (χ2n) is 7.01. The Labute approximate surface area is 156 Å². The van der Waals surface area contributed by atoms with Gasteiger partial charge in [0.1, 0.15) is 17.5 Å². The second-order valence-corrected chi connectivity index (χ2v) is 7.80. The molecule has 2 atom stereocenters. The third kappa shape index (κ3) is 3.39. The van der Waals surface area contributed by atoms with Crippen molar-refractivity contribution >= 4 is 21.8 Å². The Morgan fingerprint density at radius 2 is 2.20 bits per heavy atom. The van der Waals surface area contributed by atoms with Gasteiger partial charge in [-0.05, 0) is 32.0 Å². The van der Waals surface area contributed by atoms with E-state index in [1.807, 2.05) is 13.8 Å². The molecule has 1 amide bonds. The van der Waals surface area contributed by atoms with Crippen LogP contribution in [0.15, 0.2) is 18.2 Å². The number of aliphatic hydroxyl groups is 1. The molecule has 1 aromatic carbocycles. The van der Waals surface area contributed by atoms with Crippen molar-refractivity contribution in [3.63, 3.8) is 0 Å². The van der Waals surface area contributed by atoms with E-state index in [-0.39, 0.29) is 5.91 Å². The molecule has 1 saturated heterocycles. The monoisotopic (exact) mass is 407 g/mol. The first-order chi connectivity index (χ1) is 11.9. The molecular formula is C18H22BrN3O3. The minimum Gasteiger partial charge on any atom is -0.485 e. The van der Waals surface area contributed by atoms with E-state index in [1.165, 1.54) is 0 Å². The molecular weight excluding hydrogens is 386 g/mol. The number of carbonyl (C=O) groups excluding carboxylic acids is 1. The van der Waals surface area contributed by atoms with Gasteiger partial charge in [0.05, 0.1) is 24.2 Å². The summed E-state index contributed by atoms with van der Waals surface area (Å²) in [5, 5.41) is 20.9. The number of benzene rings is 1. The summed E-state index contributed by atoms with van der Waals surface area (Å²) in [6.45, 7) is 6.09. The van der Waals surface area contributed by atoms with Gasteiger partial charge in [0, 0.05) is 30.5 Å². The van der Waals surface area contributed by atoms with E-state index in [0.717, 1.165) is 18.4 Å². The lowest BCUT2D eigenvalue weighted by atomic mass is 9.84. The summed E-state index contributed by atoms with van der Waals surface area (Å²) in [5.74, 6) is 0.609. The molecule has 1 aromatic rings. The van der Waals surface area contributed by atoms with Crippen molar-refractivity contribution in [3.05, 3.63) is 29.3 Å². The van der Waals surface area contributed by atoms with E-state index >= 15 is 0 Å². The van der Waals surface area contributed by atoms with Crippen LogP contribution in [0, 0.1) is 11.3 Å². The highest BCUT2D eigenvalue weighted by atomic mass is 79.9. The lowest BCUT2D eigenvalue weighted by molar-refractivity contribution is -0.150. The van der Waals surface area contributed by atoms with Crippen LogP contribution in [0.2, 0.25) is 0 Å². The molecule has 0 unspecified atom stereocenters. The van der Waals surface area contributed by atoms with E-state index in [1.54, 1.807) is 23.1 Å². The summed E-state index contributed by atoms with van der Waals surface area (Å²) in [4.78, 5) is 16.6. The molecule has 6 nitrogen and oxygen atoms in total. The SMILES string of the molecule is CC1(C)Oc2ccc(C#N)cc2[C@@H](N2CCN(CCBr)CC2=O)[C@@H]1O. The third-order valence-corrected chi connectivity index (χ3v) is 5.27. The molecule has 2 aliphatic rings. The van der Waals surface area contributed by atoms with Crippen LogP contribution in [0.3, 0.4) is 0 Å². The molecule has 2 aliphatic heterocycles. The number of nitrogens with zero attached hydrogens (tertiary/aromatic N) is 3. The Bertz CT molecular complexity index is 716. The van der Waals surface area contributed by atoms with Crippen LogP contribution in [0.4, 0.5) is 0 Å². The largest absolute Gasteiger partial charge is 0.485 e. The van der Waals surface area contributed by atoms with Gasteiger partial charge in [0.15, 0.2) is 0 Å². The highest BCUT2D eigenvalue weighted by Crippen LogP contribution is 2.43. The van der Waals surface area contributed by atoms with Crippen molar-refractivity contribution in [2.45, 2.75) is 31.6 Å². The number of ether oxygens (including phenoxy) is 1. The summed E-state index contributed by atoms with van der Waals surface area (Å²) < 4.78 is 5.93. The van der Waals surface area contributed by atoms with Crippen molar-refractivity contribution < 1.29 is 14.6 Å².